The number of hydrogen-bond donors (Lipinski definition) is 2. The molecule has 0 unspecified atom stereocenters. The van der Waals surface area contributed by atoms with Crippen LogP contribution in [0.4, 0.5) is 5.82 Å². The Hall–Kier alpha value is -2.03. The van der Waals surface area contributed by atoms with Gasteiger partial charge in [0.15, 0.2) is 0 Å². The van der Waals surface area contributed by atoms with E-state index in [1.165, 1.54) is 0 Å². The van der Waals surface area contributed by atoms with Gasteiger partial charge in [0.05, 0.1) is 5.69 Å². The molecule has 0 aliphatic carbocycles. The molecule has 16 heavy (non-hydrogen) atoms. The summed E-state index contributed by atoms with van der Waals surface area (Å²) in [6.45, 7) is 2.05. The van der Waals surface area contributed by atoms with E-state index >= 15 is 0 Å². The van der Waals surface area contributed by atoms with Crippen LogP contribution in [0.2, 0.25) is 0 Å². The van der Waals surface area contributed by atoms with Crippen molar-refractivity contribution in [1.82, 2.24) is 4.98 Å². The molecule has 2 rings (SSSR count). The van der Waals surface area contributed by atoms with Gasteiger partial charge < -0.3 is 10.8 Å². The molecule has 1 aromatic heterocycles. The summed E-state index contributed by atoms with van der Waals surface area (Å²) in [5, 5.41) is 9.24. The fraction of sp³-hybridized carbons (Fsp3) is 0.154. The van der Waals surface area contributed by atoms with Crippen LogP contribution in [0.3, 0.4) is 0 Å². The molecule has 0 bridgehead atoms. The quantitative estimate of drug-likeness (QED) is 0.807. The van der Waals surface area contributed by atoms with Gasteiger partial charge in [-0.25, -0.2) is 4.98 Å². The molecule has 3 heteroatoms. The zero-order valence-corrected chi connectivity index (χ0v) is 9.14. The normalized spacial score (nSPS) is 10.3. The first-order valence-electron chi connectivity index (χ1n) is 5.25. The second-order valence-corrected chi connectivity index (χ2v) is 3.63. The number of rotatable bonds is 2. The molecule has 0 aliphatic rings. The first-order chi connectivity index (χ1) is 7.70. The van der Waals surface area contributed by atoms with E-state index in [0.29, 0.717) is 5.82 Å². The Morgan fingerprint density at radius 1 is 1.12 bits per heavy atom. The lowest BCUT2D eigenvalue weighted by molar-refractivity contribution is 0.475. The number of aryl methyl sites for hydroxylation is 1. The molecule has 0 amide bonds. The van der Waals surface area contributed by atoms with Crippen LogP contribution >= 0.6 is 0 Å². The predicted octanol–water partition coefficient (Wildman–Crippen LogP) is 2.60. The number of anilines is 1. The first kappa shape index (κ1) is 10.5. The second kappa shape index (κ2) is 4.23. The Bertz CT molecular complexity index is 492. The van der Waals surface area contributed by atoms with Crippen LogP contribution in [-0.2, 0) is 6.42 Å². The number of aromatic nitrogens is 1. The Morgan fingerprint density at radius 3 is 2.44 bits per heavy atom. The van der Waals surface area contributed by atoms with Crippen molar-refractivity contribution in [2.75, 3.05) is 5.73 Å². The molecule has 2 aromatic rings. The third-order valence-corrected chi connectivity index (χ3v) is 2.51. The summed E-state index contributed by atoms with van der Waals surface area (Å²) in [5.41, 5.74) is 8.74. The summed E-state index contributed by atoms with van der Waals surface area (Å²) in [6.07, 6.45) is 0.835. The minimum Gasteiger partial charge on any atom is -0.508 e. The third-order valence-electron chi connectivity index (χ3n) is 2.51. The molecule has 0 atom stereocenters. The van der Waals surface area contributed by atoms with E-state index in [1.807, 2.05) is 25.1 Å². The Morgan fingerprint density at radius 2 is 1.81 bits per heavy atom. The Kier molecular flexibility index (Phi) is 2.77. The highest BCUT2D eigenvalue weighted by Gasteiger charge is 2.05. The number of benzene rings is 1. The number of hydrogen-bond acceptors (Lipinski definition) is 3. The van der Waals surface area contributed by atoms with Crippen LogP contribution in [0.1, 0.15) is 12.6 Å². The van der Waals surface area contributed by atoms with Crippen molar-refractivity contribution in [2.24, 2.45) is 0 Å². The van der Waals surface area contributed by atoms with Gasteiger partial charge in [-0.1, -0.05) is 19.1 Å². The van der Waals surface area contributed by atoms with Gasteiger partial charge in [-0.05, 0) is 36.2 Å². The summed E-state index contributed by atoms with van der Waals surface area (Å²) in [6, 6.07) is 10.9. The van der Waals surface area contributed by atoms with Gasteiger partial charge in [-0.3, -0.25) is 0 Å². The number of phenols is 1. The van der Waals surface area contributed by atoms with Gasteiger partial charge in [0.2, 0.25) is 0 Å². The Balaban J connectivity index is 2.51. The molecule has 3 nitrogen and oxygen atoms in total. The molecule has 3 N–H and O–H groups in total. The monoisotopic (exact) mass is 214 g/mol. The van der Waals surface area contributed by atoms with Gasteiger partial charge in [0.25, 0.3) is 0 Å². The maximum absolute atomic E-state index is 9.24. The van der Waals surface area contributed by atoms with Gasteiger partial charge in [-0.15, -0.1) is 0 Å². The summed E-state index contributed by atoms with van der Waals surface area (Å²) >= 11 is 0. The summed E-state index contributed by atoms with van der Waals surface area (Å²) < 4.78 is 0. The molecule has 0 radical (unpaired) electrons. The standard InChI is InChI=1S/C13H14N2O/c1-2-12-11(7-8-13(14)15-12)9-3-5-10(16)6-4-9/h3-8,16H,2H2,1H3,(H2,14,15). The molecule has 1 aromatic carbocycles. The lowest BCUT2D eigenvalue weighted by Crippen LogP contribution is -1.97. The second-order valence-electron chi connectivity index (χ2n) is 3.63. The highest BCUT2D eigenvalue weighted by Crippen LogP contribution is 2.25. The highest BCUT2D eigenvalue weighted by molar-refractivity contribution is 5.67. The van der Waals surface area contributed by atoms with Crippen LogP contribution in [0.25, 0.3) is 11.1 Å². The maximum atomic E-state index is 9.24. The molecule has 0 aliphatic heterocycles. The summed E-state index contributed by atoms with van der Waals surface area (Å²) in [4.78, 5) is 4.31. The molecule has 0 fully saturated rings. The fourth-order valence-corrected chi connectivity index (χ4v) is 1.69. The minimum atomic E-state index is 0.269. The number of phenolic OH excluding ortho intramolecular Hbond substituents is 1. The predicted molar refractivity (Wildman–Crippen MR) is 65.1 cm³/mol. The molecule has 1 heterocycles. The summed E-state index contributed by atoms with van der Waals surface area (Å²) in [5.74, 6) is 0.810. The minimum absolute atomic E-state index is 0.269. The number of nitrogen functional groups attached to an aromatic ring is 1. The van der Waals surface area contributed by atoms with E-state index in [4.69, 9.17) is 5.73 Å². The van der Waals surface area contributed by atoms with Crippen LogP contribution in [0, 0.1) is 0 Å². The van der Waals surface area contributed by atoms with Crippen molar-refractivity contribution in [2.45, 2.75) is 13.3 Å². The molecule has 0 spiro atoms. The van der Waals surface area contributed by atoms with E-state index in [-0.39, 0.29) is 5.75 Å². The smallest absolute Gasteiger partial charge is 0.123 e. The number of nitrogens with two attached hydrogens (primary N) is 1. The average molecular weight is 214 g/mol. The SMILES string of the molecule is CCc1nc(N)ccc1-c1ccc(O)cc1. The molecule has 82 valence electrons. The topological polar surface area (TPSA) is 59.1 Å². The highest BCUT2D eigenvalue weighted by atomic mass is 16.3. The number of aromatic hydroxyl groups is 1. The van der Waals surface area contributed by atoms with Gasteiger partial charge in [0, 0.05) is 5.56 Å². The van der Waals surface area contributed by atoms with Crippen LogP contribution in [0.15, 0.2) is 36.4 Å². The van der Waals surface area contributed by atoms with Crippen molar-refractivity contribution in [1.29, 1.82) is 0 Å². The molecule has 0 saturated carbocycles. The van der Waals surface area contributed by atoms with E-state index < -0.39 is 0 Å². The molecular weight excluding hydrogens is 200 g/mol. The van der Waals surface area contributed by atoms with Crippen molar-refractivity contribution < 1.29 is 5.11 Å². The largest absolute Gasteiger partial charge is 0.508 e. The van der Waals surface area contributed by atoms with Crippen molar-refractivity contribution >= 4 is 5.82 Å². The van der Waals surface area contributed by atoms with E-state index in [0.717, 1.165) is 23.2 Å². The van der Waals surface area contributed by atoms with Crippen LogP contribution < -0.4 is 5.73 Å². The summed E-state index contributed by atoms with van der Waals surface area (Å²) in [7, 11) is 0. The zero-order valence-electron chi connectivity index (χ0n) is 9.14. The van der Waals surface area contributed by atoms with E-state index in [1.54, 1.807) is 18.2 Å². The Labute approximate surface area is 94.6 Å². The number of nitrogens with zero attached hydrogens (tertiary/aromatic N) is 1. The number of pyridine rings is 1. The lowest BCUT2D eigenvalue weighted by Gasteiger charge is -2.08. The maximum Gasteiger partial charge on any atom is 0.123 e. The van der Waals surface area contributed by atoms with Crippen molar-refractivity contribution in [3.63, 3.8) is 0 Å². The van der Waals surface area contributed by atoms with Gasteiger partial charge in [0.1, 0.15) is 11.6 Å². The van der Waals surface area contributed by atoms with Gasteiger partial charge >= 0.3 is 0 Å². The third kappa shape index (κ3) is 1.98. The molecule has 0 saturated heterocycles. The molecular formula is C13H14N2O. The fourth-order valence-electron chi connectivity index (χ4n) is 1.69. The van der Waals surface area contributed by atoms with Crippen molar-refractivity contribution in [3.05, 3.63) is 42.1 Å². The average Bonchev–Trinajstić information content (AvgIpc) is 2.30. The van der Waals surface area contributed by atoms with Crippen LogP contribution in [-0.4, -0.2) is 10.1 Å². The van der Waals surface area contributed by atoms with Crippen LogP contribution in [0.5, 0.6) is 5.75 Å². The van der Waals surface area contributed by atoms with Gasteiger partial charge in [-0.2, -0.15) is 0 Å². The lowest BCUT2D eigenvalue weighted by atomic mass is 10.0. The zero-order chi connectivity index (χ0) is 11.5. The van der Waals surface area contributed by atoms with Crippen molar-refractivity contribution in [3.8, 4) is 16.9 Å². The first-order valence-corrected chi connectivity index (χ1v) is 5.25. The van der Waals surface area contributed by atoms with E-state index in [9.17, 15) is 5.11 Å². The van der Waals surface area contributed by atoms with E-state index in [2.05, 4.69) is 4.98 Å².